The predicted molar refractivity (Wildman–Crippen MR) is 123 cm³/mol. The summed E-state index contributed by atoms with van der Waals surface area (Å²) in [6, 6.07) is 21.7. The van der Waals surface area contributed by atoms with Crippen molar-refractivity contribution in [3.05, 3.63) is 66.2 Å². The third-order valence-electron chi connectivity index (χ3n) is 6.52. The number of fused-ring (bicyclic) bond motifs is 1. The molecule has 1 saturated heterocycles. The number of hydrogen-bond acceptors (Lipinski definition) is 4. The highest BCUT2D eigenvalue weighted by Gasteiger charge is 2.33. The Balaban J connectivity index is 1.41. The predicted octanol–water partition coefficient (Wildman–Crippen LogP) is 5.12. The lowest BCUT2D eigenvalue weighted by atomic mass is 10.1. The van der Waals surface area contributed by atoms with Crippen molar-refractivity contribution in [2.75, 3.05) is 24.5 Å². The molecule has 2 fully saturated rings. The van der Waals surface area contributed by atoms with Gasteiger partial charge in [-0.15, -0.1) is 0 Å². The zero-order valence-corrected chi connectivity index (χ0v) is 18.0. The highest BCUT2D eigenvalue weighted by atomic mass is 16.5. The molecule has 3 aromatic rings. The van der Waals surface area contributed by atoms with Gasteiger partial charge in [0.05, 0.1) is 5.52 Å². The Morgan fingerprint density at radius 2 is 1.70 bits per heavy atom. The second kappa shape index (κ2) is 8.27. The number of rotatable bonds is 6. The number of benzene rings is 2. The van der Waals surface area contributed by atoms with Crippen LogP contribution >= 0.6 is 0 Å². The first-order valence-electron chi connectivity index (χ1n) is 11.2. The third-order valence-corrected chi connectivity index (χ3v) is 6.52. The molecular formula is C26H31N3O. The Labute approximate surface area is 179 Å². The standard InChI is InChI=1S/C26H31N3O/c1-19-16-29(20(2)15-28(19)17-21-12-13-21)26-14-22(18-30-23-8-4-3-5-9-23)24-10-6-7-11-25(24)27-26/h3-11,14,19-21H,12-13,15-18H2,1-2H3/t19-,20+/m1/s1. The Bertz CT molecular complexity index is 1000. The van der Waals surface area contributed by atoms with E-state index >= 15 is 0 Å². The maximum absolute atomic E-state index is 6.10. The van der Waals surface area contributed by atoms with E-state index in [2.05, 4.69) is 54.0 Å². The molecule has 4 heteroatoms. The van der Waals surface area contributed by atoms with Gasteiger partial charge >= 0.3 is 0 Å². The average Bonchev–Trinajstić information content (AvgIpc) is 3.59. The number of piperazine rings is 1. The van der Waals surface area contributed by atoms with Crippen molar-refractivity contribution in [2.45, 2.75) is 45.4 Å². The maximum atomic E-state index is 6.10. The summed E-state index contributed by atoms with van der Waals surface area (Å²) in [5, 5.41) is 1.17. The Morgan fingerprint density at radius 3 is 2.50 bits per heavy atom. The Kier molecular flexibility index (Phi) is 5.34. The van der Waals surface area contributed by atoms with Crippen LogP contribution in [-0.2, 0) is 6.61 Å². The maximum Gasteiger partial charge on any atom is 0.129 e. The first-order valence-corrected chi connectivity index (χ1v) is 11.2. The summed E-state index contributed by atoms with van der Waals surface area (Å²) in [7, 11) is 0. The second-order valence-corrected chi connectivity index (χ2v) is 9.01. The Hall–Kier alpha value is -2.59. The Morgan fingerprint density at radius 1 is 0.933 bits per heavy atom. The summed E-state index contributed by atoms with van der Waals surface area (Å²) >= 11 is 0. The van der Waals surface area contributed by atoms with Crippen molar-refractivity contribution in [1.29, 1.82) is 0 Å². The van der Waals surface area contributed by atoms with Crippen LogP contribution in [0, 0.1) is 5.92 Å². The molecule has 156 valence electrons. The SMILES string of the molecule is C[C@@H]1CN(c2cc(COc3ccccc3)c3ccccc3n2)[C@@H](C)CN1CC1CC1. The molecule has 0 spiro atoms. The van der Waals surface area contributed by atoms with E-state index in [9.17, 15) is 0 Å². The topological polar surface area (TPSA) is 28.6 Å². The minimum Gasteiger partial charge on any atom is -0.489 e. The lowest BCUT2D eigenvalue weighted by Crippen LogP contribution is -2.57. The van der Waals surface area contributed by atoms with Gasteiger partial charge in [-0.3, -0.25) is 4.90 Å². The van der Waals surface area contributed by atoms with Crippen LogP contribution in [0.3, 0.4) is 0 Å². The van der Waals surface area contributed by atoms with Gasteiger partial charge in [0.25, 0.3) is 0 Å². The summed E-state index contributed by atoms with van der Waals surface area (Å²) in [4.78, 5) is 10.2. The lowest BCUT2D eigenvalue weighted by Gasteiger charge is -2.45. The molecule has 0 amide bonds. The lowest BCUT2D eigenvalue weighted by molar-refractivity contribution is 0.159. The van der Waals surface area contributed by atoms with Crippen LogP contribution in [0.5, 0.6) is 5.75 Å². The number of para-hydroxylation sites is 2. The molecule has 2 aromatic carbocycles. The fraction of sp³-hybridized carbons (Fsp3) is 0.423. The van der Waals surface area contributed by atoms with E-state index in [1.807, 2.05) is 30.3 Å². The van der Waals surface area contributed by atoms with E-state index in [0.29, 0.717) is 18.7 Å². The van der Waals surface area contributed by atoms with Gasteiger partial charge in [-0.2, -0.15) is 0 Å². The smallest absolute Gasteiger partial charge is 0.129 e. The first-order chi connectivity index (χ1) is 14.7. The molecular weight excluding hydrogens is 370 g/mol. The third kappa shape index (κ3) is 4.15. The van der Waals surface area contributed by atoms with Crippen molar-refractivity contribution < 1.29 is 4.74 Å². The molecule has 0 bridgehead atoms. The van der Waals surface area contributed by atoms with Crippen LogP contribution in [0.1, 0.15) is 32.3 Å². The van der Waals surface area contributed by atoms with Crippen LogP contribution in [-0.4, -0.2) is 41.6 Å². The molecule has 0 radical (unpaired) electrons. The van der Waals surface area contributed by atoms with E-state index in [1.165, 1.54) is 30.3 Å². The number of nitrogens with zero attached hydrogens (tertiary/aromatic N) is 3. The zero-order chi connectivity index (χ0) is 20.5. The zero-order valence-electron chi connectivity index (χ0n) is 18.0. The van der Waals surface area contributed by atoms with Gasteiger partial charge in [0.2, 0.25) is 0 Å². The van der Waals surface area contributed by atoms with Crippen LogP contribution in [0.2, 0.25) is 0 Å². The molecule has 1 aliphatic heterocycles. The molecule has 4 nitrogen and oxygen atoms in total. The highest BCUT2D eigenvalue weighted by molar-refractivity contribution is 5.84. The molecule has 0 N–H and O–H groups in total. The van der Waals surface area contributed by atoms with Gasteiger partial charge in [-0.1, -0.05) is 36.4 Å². The first kappa shape index (κ1) is 19.4. The average molecular weight is 402 g/mol. The summed E-state index contributed by atoms with van der Waals surface area (Å²) < 4.78 is 6.10. The normalized spacial score (nSPS) is 22.4. The molecule has 2 atom stereocenters. The monoisotopic (exact) mass is 401 g/mol. The number of ether oxygens (including phenoxy) is 1. The number of aromatic nitrogens is 1. The van der Waals surface area contributed by atoms with Gasteiger partial charge in [-0.25, -0.2) is 4.98 Å². The van der Waals surface area contributed by atoms with Crippen LogP contribution < -0.4 is 9.64 Å². The molecule has 1 aromatic heterocycles. The number of hydrogen-bond donors (Lipinski definition) is 0. The van der Waals surface area contributed by atoms with E-state index in [-0.39, 0.29) is 0 Å². The van der Waals surface area contributed by atoms with E-state index < -0.39 is 0 Å². The summed E-state index contributed by atoms with van der Waals surface area (Å²) in [5.74, 6) is 2.91. The summed E-state index contributed by atoms with van der Waals surface area (Å²) in [5.41, 5.74) is 2.24. The van der Waals surface area contributed by atoms with Gasteiger partial charge in [0, 0.05) is 42.7 Å². The summed E-state index contributed by atoms with van der Waals surface area (Å²) in [6.45, 7) is 8.65. The van der Waals surface area contributed by atoms with Crippen molar-refractivity contribution in [2.24, 2.45) is 5.92 Å². The molecule has 0 unspecified atom stereocenters. The molecule has 30 heavy (non-hydrogen) atoms. The van der Waals surface area contributed by atoms with Crippen LogP contribution in [0.15, 0.2) is 60.7 Å². The van der Waals surface area contributed by atoms with E-state index in [4.69, 9.17) is 9.72 Å². The fourth-order valence-electron chi connectivity index (χ4n) is 4.58. The van der Waals surface area contributed by atoms with Gasteiger partial charge in [0.1, 0.15) is 18.2 Å². The highest BCUT2D eigenvalue weighted by Crippen LogP contribution is 2.33. The van der Waals surface area contributed by atoms with Crippen LogP contribution in [0.25, 0.3) is 10.9 Å². The summed E-state index contributed by atoms with van der Waals surface area (Å²) in [6.07, 6.45) is 2.83. The van der Waals surface area contributed by atoms with Gasteiger partial charge in [-0.05, 0) is 56.9 Å². The van der Waals surface area contributed by atoms with E-state index in [1.54, 1.807) is 0 Å². The largest absolute Gasteiger partial charge is 0.489 e. The van der Waals surface area contributed by atoms with Crippen molar-refractivity contribution >= 4 is 16.7 Å². The minimum absolute atomic E-state index is 0.455. The second-order valence-electron chi connectivity index (χ2n) is 9.01. The van der Waals surface area contributed by atoms with Gasteiger partial charge in [0.15, 0.2) is 0 Å². The van der Waals surface area contributed by atoms with E-state index in [0.717, 1.165) is 36.1 Å². The minimum atomic E-state index is 0.455. The van der Waals surface area contributed by atoms with Crippen molar-refractivity contribution in [3.8, 4) is 5.75 Å². The number of pyridine rings is 1. The molecule has 2 aliphatic rings. The quantitative estimate of drug-likeness (QED) is 0.573. The van der Waals surface area contributed by atoms with Crippen LogP contribution in [0.4, 0.5) is 5.82 Å². The fourth-order valence-corrected chi connectivity index (χ4v) is 4.58. The van der Waals surface area contributed by atoms with Gasteiger partial charge < -0.3 is 9.64 Å². The number of anilines is 1. The molecule has 5 rings (SSSR count). The molecule has 1 saturated carbocycles. The van der Waals surface area contributed by atoms with Crippen molar-refractivity contribution in [1.82, 2.24) is 9.88 Å². The van der Waals surface area contributed by atoms with Crippen molar-refractivity contribution in [3.63, 3.8) is 0 Å². The molecule has 2 heterocycles. The molecule has 1 aliphatic carbocycles.